The number of nitrogens with zero attached hydrogens (tertiary/aromatic N) is 2. The third-order valence-electron chi connectivity index (χ3n) is 5.10. The summed E-state index contributed by atoms with van der Waals surface area (Å²) in [6.45, 7) is 5.23. The lowest BCUT2D eigenvalue weighted by Gasteiger charge is -2.32. The molecule has 0 aliphatic carbocycles. The predicted molar refractivity (Wildman–Crippen MR) is 101 cm³/mol. The summed E-state index contributed by atoms with van der Waals surface area (Å²) >= 11 is 0. The van der Waals surface area contributed by atoms with Gasteiger partial charge >= 0.3 is 0 Å². The summed E-state index contributed by atoms with van der Waals surface area (Å²) in [6.07, 6.45) is 0.981. The molecule has 2 amide bonds. The largest absolute Gasteiger partial charge is 0.497 e. The van der Waals surface area contributed by atoms with Gasteiger partial charge in [0.1, 0.15) is 5.75 Å². The molecule has 1 fully saturated rings. The molecule has 1 aromatic carbocycles. The average Bonchev–Trinajstić information content (AvgIpc) is 2.99. The number of methoxy groups -OCH3 is 1. The van der Waals surface area contributed by atoms with Crippen molar-refractivity contribution < 1.29 is 14.3 Å². The van der Waals surface area contributed by atoms with Gasteiger partial charge in [-0.3, -0.25) is 14.7 Å². The molecule has 0 spiro atoms. The Bertz CT molecular complexity index is 811. The van der Waals surface area contributed by atoms with Gasteiger partial charge in [0.25, 0.3) is 0 Å². The maximum absolute atomic E-state index is 12.6. The lowest BCUT2D eigenvalue weighted by atomic mass is 9.96. The van der Waals surface area contributed by atoms with Crippen LogP contribution in [0.15, 0.2) is 24.3 Å². The second kappa shape index (κ2) is 8.24. The van der Waals surface area contributed by atoms with Crippen molar-refractivity contribution in [3.05, 3.63) is 46.8 Å². The molecule has 1 saturated heterocycles. The van der Waals surface area contributed by atoms with Crippen molar-refractivity contribution >= 4 is 11.8 Å². The molecule has 0 bridgehead atoms. The number of nitrogens with one attached hydrogen (secondary N) is 2. The van der Waals surface area contributed by atoms with Crippen LogP contribution in [0, 0.1) is 19.8 Å². The van der Waals surface area contributed by atoms with E-state index in [1.54, 1.807) is 12.0 Å². The van der Waals surface area contributed by atoms with Crippen LogP contribution < -0.4 is 10.1 Å². The standard InChI is InChI=1S/C20H26N4O3/c1-13-18(14(2)23-22-13)10-21-20(26)16-7-8-19(25)24(12-16)11-15-5-4-6-17(9-15)27-3/h4-6,9,16H,7-8,10-12H2,1-3H3,(H,21,26)(H,22,23)/t16-/m1/s1. The Morgan fingerprint density at radius 3 is 2.93 bits per heavy atom. The van der Waals surface area contributed by atoms with Crippen LogP contribution in [0.5, 0.6) is 5.75 Å². The topological polar surface area (TPSA) is 87.3 Å². The number of likely N-dealkylation sites (tertiary alicyclic amines) is 1. The predicted octanol–water partition coefficient (Wildman–Crippen LogP) is 2.09. The zero-order valence-electron chi connectivity index (χ0n) is 16.0. The minimum atomic E-state index is -0.194. The molecule has 27 heavy (non-hydrogen) atoms. The number of carbonyl (C=O) groups is 2. The van der Waals surface area contributed by atoms with Gasteiger partial charge in [0.15, 0.2) is 0 Å². The highest BCUT2D eigenvalue weighted by Crippen LogP contribution is 2.22. The van der Waals surface area contributed by atoms with Gasteiger partial charge in [-0.1, -0.05) is 12.1 Å². The third-order valence-corrected chi connectivity index (χ3v) is 5.10. The highest BCUT2D eigenvalue weighted by atomic mass is 16.5. The molecule has 7 nitrogen and oxygen atoms in total. The first-order chi connectivity index (χ1) is 13.0. The molecule has 3 rings (SSSR count). The van der Waals surface area contributed by atoms with E-state index in [4.69, 9.17) is 4.74 Å². The maximum atomic E-state index is 12.6. The summed E-state index contributed by atoms with van der Waals surface area (Å²) in [6, 6.07) is 7.66. The van der Waals surface area contributed by atoms with E-state index in [2.05, 4.69) is 15.5 Å². The summed E-state index contributed by atoms with van der Waals surface area (Å²) in [7, 11) is 1.62. The number of carbonyl (C=O) groups excluding carboxylic acids is 2. The molecule has 2 heterocycles. The molecule has 1 atom stereocenters. The Labute approximate surface area is 159 Å². The van der Waals surface area contributed by atoms with Gasteiger partial charge in [0, 0.05) is 37.3 Å². The van der Waals surface area contributed by atoms with Gasteiger partial charge in [0.2, 0.25) is 11.8 Å². The fraction of sp³-hybridized carbons (Fsp3) is 0.450. The number of ether oxygens (including phenoxy) is 1. The number of aromatic amines is 1. The minimum absolute atomic E-state index is 0.0156. The van der Waals surface area contributed by atoms with Gasteiger partial charge in [-0.2, -0.15) is 5.10 Å². The van der Waals surface area contributed by atoms with E-state index in [0.29, 0.717) is 32.5 Å². The molecule has 1 aliphatic heterocycles. The lowest BCUT2D eigenvalue weighted by molar-refractivity contribution is -0.139. The van der Waals surface area contributed by atoms with Crippen LogP contribution in [0.2, 0.25) is 0 Å². The van der Waals surface area contributed by atoms with E-state index in [-0.39, 0.29) is 17.7 Å². The van der Waals surface area contributed by atoms with Gasteiger partial charge in [-0.15, -0.1) is 0 Å². The highest BCUT2D eigenvalue weighted by Gasteiger charge is 2.30. The van der Waals surface area contributed by atoms with Crippen molar-refractivity contribution in [3.8, 4) is 5.75 Å². The maximum Gasteiger partial charge on any atom is 0.225 e. The number of aryl methyl sites for hydroxylation is 2. The second-order valence-corrected chi connectivity index (χ2v) is 6.99. The molecule has 0 radical (unpaired) electrons. The monoisotopic (exact) mass is 370 g/mol. The van der Waals surface area contributed by atoms with Crippen molar-refractivity contribution in [3.63, 3.8) is 0 Å². The number of hydrogen-bond acceptors (Lipinski definition) is 4. The number of H-pyrrole nitrogens is 1. The van der Waals surface area contributed by atoms with Gasteiger partial charge < -0.3 is 15.0 Å². The molecule has 144 valence electrons. The Hall–Kier alpha value is -2.83. The number of piperidine rings is 1. The molecule has 1 aliphatic rings. The number of amides is 2. The molecule has 7 heteroatoms. The first-order valence-corrected chi connectivity index (χ1v) is 9.16. The average molecular weight is 370 g/mol. The molecule has 2 N–H and O–H groups in total. The molecule has 1 aromatic heterocycles. The van der Waals surface area contributed by atoms with E-state index < -0.39 is 0 Å². The molecular formula is C20H26N4O3. The van der Waals surface area contributed by atoms with Gasteiger partial charge in [-0.05, 0) is 38.0 Å². The quantitative estimate of drug-likeness (QED) is 0.815. The van der Waals surface area contributed by atoms with Crippen molar-refractivity contribution in [1.82, 2.24) is 20.4 Å². The molecule has 0 saturated carbocycles. The van der Waals surface area contributed by atoms with Crippen molar-refractivity contribution in [2.45, 2.75) is 39.8 Å². The Kier molecular flexibility index (Phi) is 5.78. The second-order valence-electron chi connectivity index (χ2n) is 6.99. The number of rotatable bonds is 6. The van der Waals surface area contributed by atoms with Crippen LogP contribution in [0.3, 0.4) is 0 Å². The Balaban J connectivity index is 1.60. The summed E-state index contributed by atoms with van der Waals surface area (Å²) in [5.41, 5.74) is 3.87. The normalized spacial score (nSPS) is 17.1. The van der Waals surface area contributed by atoms with Crippen LogP contribution in [-0.4, -0.2) is 40.6 Å². The third kappa shape index (κ3) is 4.48. The van der Waals surface area contributed by atoms with Gasteiger partial charge in [0.05, 0.1) is 18.7 Å². The summed E-state index contributed by atoms with van der Waals surface area (Å²) in [5, 5.41) is 10.1. The minimum Gasteiger partial charge on any atom is -0.497 e. The van der Waals surface area contributed by atoms with Crippen molar-refractivity contribution in [1.29, 1.82) is 0 Å². The SMILES string of the molecule is COc1cccc(CN2C[C@H](C(=O)NCc3c(C)n[nH]c3C)CCC2=O)c1. The summed E-state index contributed by atoms with van der Waals surface area (Å²) < 4.78 is 5.24. The van der Waals surface area contributed by atoms with Crippen molar-refractivity contribution in [2.75, 3.05) is 13.7 Å². The number of hydrogen-bond donors (Lipinski definition) is 2. The van der Waals surface area contributed by atoms with Crippen molar-refractivity contribution in [2.24, 2.45) is 5.92 Å². The molecule has 0 unspecified atom stereocenters. The van der Waals surface area contributed by atoms with E-state index in [0.717, 1.165) is 28.3 Å². The smallest absolute Gasteiger partial charge is 0.225 e. The van der Waals surface area contributed by atoms with E-state index >= 15 is 0 Å². The lowest BCUT2D eigenvalue weighted by Crippen LogP contribution is -2.45. The van der Waals surface area contributed by atoms with E-state index in [1.165, 1.54) is 0 Å². The van der Waals surface area contributed by atoms with E-state index in [1.807, 2.05) is 38.1 Å². The fourth-order valence-corrected chi connectivity index (χ4v) is 3.43. The molecular weight excluding hydrogens is 344 g/mol. The first kappa shape index (κ1) is 18.9. The zero-order valence-corrected chi connectivity index (χ0v) is 16.0. The van der Waals surface area contributed by atoms with Crippen LogP contribution in [0.25, 0.3) is 0 Å². The van der Waals surface area contributed by atoms with Crippen LogP contribution in [0.4, 0.5) is 0 Å². The Morgan fingerprint density at radius 2 is 2.22 bits per heavy atom. The van der Waals surface area contributed by atoms with Gasteiger partial charge in [-0.25, -0.2) is 0 Å². The van der Waals surface area contributed by atoms with Crippen LogP contribution >= 0.6 is 0 Å². The van der Waals surface area contributed by atoms with Crippen LogP contribution in [-0.2, 0) is 22.7 Å². The summed E-state index contributed by atoms with van der Waals surface area (Å²) in [4.78, 5) is 26.7. The first-order valence-electron chi connectivity index (χ1n) is 9.16. The zero-order chi connectivity index (χ0) is 19.4. The molecule has 2 aromatic rings. The fourth-order valence-electron chi connectivity index (χ4n) is 3.43. The van der Waals surface area contributed by atoms with E-state index in [9.17, 15) is 9.59 Å². The Morgan fingerprint density at radius 1 is 1.41 bits per heavy atom. The van der Waals surface area contributed by atoms with Crippen LogP contribution in [0.1, 0.15) is 35.4 Å². The summed E-state index contributed by atoms with van der Waals surface area (Å²) in [5.74, 6) is 0.638. The highest BCUT2D eigenvalue weighted by molar-refractivity contribution is 5.83. The number of benzene rings is 1. The number of aromatic nitrogens is 2.